The molecule has 28 valence electrons. The molecule has 0 spiro atoms. The van der Waals surface area contributed by atoms with Gasteiger partial charge in [0.2, 0.25) is 0 Å². The average Bonchev–Trinajstić information content (AvgIpc) is 0. The van der Waals surface area contributed by atoms with Crippen LogP contribution in [0.15, 0.2) is 0 Å². The van der Waals surface area contributed by atoms with E-state index >= 15 is 0 Å². The molecule has 0 aliphatic carbocycles. The Kier molecular flexibility index (Phi) is 188. The van der Waals surface area contributed by atoms with Gasteiger partial charge in [0.25, 0.3) is 0 Å². The summed E-state index contributed by atoms with van der Waals surface area (Å²) in [4.78, 5) is 0. The third kappa shape index (κ3) is 9.00. The molecule has 1 unspecified atom stereocenters. The van der Waals surface area contributed by atoms with Crippen molar-refractivity contribution in [1.29, 1.82) is 0 Å². The first-order valence-electron chi connectivity index (χ1n) is 0. The summed E-state index contributed by atoms with van der Waals surface area (Å²) in [6.45, 7) is 0. The fourth-order valence-electron chi connectivity index (χ4n) is 0. The molecule has 0 aromatic rings. The van der Waals surface area contributed by atoms with Crippen LogP contribution in [0.4, 0.5) is 0 Å². The minimum atomic E-state index is 0. The van der Waals surface area contributed by atoms with Crippen molar-refractivity contribution in [2.24, 2.45) is 0 Å². The van der Waals surface area contributed by atoms with Crippen LogP contribution in [-0.4, -0.2) is 37.7 Å². The Balaban J connectivity index is 0. The Labute approximate surface area is 66.6 Å². The van der Waals surface area contributed by atoms with E-state index in [-0.39, 0.29) is 67.3 Å². The van der Waals surface area contributed by atoms with Crippen molar-refractivity contribution in [2.45, 2.75) is 0 Å². The van der Waals surface area contributed by atoms with E-state index in [0.717, 1.165) is 0 Å². The van der Waals surface area contributed by atoms with Gasteiger partial charge in [-0.1, -0.05) is 0 Å². The molecular formula is H10CaNPS. The standard InChI is InChI=1S/Ca.H3N.H3P.H2S.2H/h;2*1H3;1H2;;. The Bertz CT molecular complexity index is 8.00. The van der Waals surface area contributed by atoms with Crippen molar-refractivity contribution < 1.29 is 0 Å². The van der Waals surface area contributed by atoms with Gasteiger partial charge >= 0.3 is 37.7 Å². The van der Waals surface area contributed by atoms with Gasteiger partial charge in [-0.05, 0) is 0 Å². The summed E-state index contributed by atoms with van der Waals surface area (Å²) in [5.74, 6) is 0. The molecule has 0 radical (unpaired) electrons. The molecule has 0 aromatic carbocycles. The van der Waals surface area contributed by atoms with Crippen molar-refractivity contribution in [3.63, 3.8) is 0 Å². The van der Waals surface area contributed by atoms with Gasteiger partial charge in [0, 0.05) is 0 Å². The van der Waals surface area contributed by atoms with Crippen LogP contribution in [-0.2, 0) is 0 Å². The third-order valence-electron chi connectivity index (χ3n) is 0. The summed E-state index contributed by atoms with van der Waals surface area (Å²) in [6.07, 6.45) is 0. The second-order valence-corrected chi connectivity index (χ2v) is 0. The summed E-state index contributed by atoms with van der Waals surface area (Å²) in [5.41, 5.74) is 0. The van der Waals surface area contributed by atoms with E-state index in [1.807, 2.05) is 0 Å². The van der Waals surface area contributed by atoms with E-state index in [0.29, 0.717) is 0 Å². The second kappa shape index (κ2) is 20.0. The van der Waals surface area contributed by atoms with E-state index in [1.54, 1.807) is 0 Å². The van der Waals surface area contributed by atoms with Crippen LogP contribution in [0.25, 0.3) is 0 Å². The first-order chi connectivity index (χ1) is 0. The molecule has 0 rings (SSSR count). The SMILES string of the molecule is N.P.S.[CaH2]. The maximum atomic E-state index is 0. The Morgan fingerprint density at radius 3 is 1.00 bits per heavy atom. The molecular weight excluding hydrogens is 117 g/mol. The molecule has 0 saturated carbocycles. The normalized spacial score (nSPS) is 0. The molecule has 0 bridgehead atoms. The van der Waals surface area contributed by atoms with Crippen molar-refractivity contribution in [1.82, 2.24) is 6.15 Å². The maximum absolute atomic E-state index is 0. The van der Waals surface area contributed by atoms with Gasteiger partial charge in [-0.15, -0.1) is 0 Å². The Morgan fingerprint density at radius 1 is 1.00 bits per heavy atom. The monoisotopic (exact) mass is 127 g/mol. The Morgan fingerprint density at radius 2 is 1.00 bits per heavy atom. The van der Waals surface area contributed by atoms with Crippen LogP contribution < -0.4 is 6.15 Å². The molecule has 0 heterocycles. The molecule has 0 aromatic heterocycles. The van der Waals surface area contributed by atoms with Gasteiger partial charge in [-0.3, -0.25) is 0 Å². The van der Waals surface area contributed by atoms with Crippen molar-refractivity contribution in [3.8, 4) is 0 Å². The van der Waals surface area contributed by atoms with E-state index in [1.165, 1.54) is 0 Å². The van der Waals surface area contributed by atoms with E-state index < -0.39 is 0 Å². The van der Waals surface area contributed by atoms with Crippen LogP contribution in [0.2, 0.25) is 0 Å². The van der Waals surface area contributed by atoms with Crippen LogP contribution >= 0.6 is 23.4 Å². The first-order valence-corrected chi connectivity index (χ1v) is 0. The van der Waals surface area contributed by atoms with E-state index in [4.69, 9.17) is 0 Å². The zero-order valence-electron chi connectivity index (χ0n) is 1.91. The topological polar surface area (TPSA) is 35.0 Å². The van der Waals surface area contributed by atoms with E-state index in [2.05, 4.69) is 0 Å². The molecule has 0 saturated heterocycles. The van der Waals surface area contributed by atoms with Gasteiger partial charge < -0.3 is 6.15 Å². The number of hydrogen-bond donors (Lipinski definition) is 1. The fourth-order valence-corrected chi connectivity index (χ4v) is 0. The van der Waals surface area contributed by atoms with Crippen LogP contribution in [0, 0.1) is 0 Å². The summed E-state index contributed by atoms with van der Waals surface area (Å²) in [6, 6.07) is 0. The summed E-state index contributed by atoms with van der Waals surface area (Å²) >= 11 is 0. The second-order valence-electron chi connectivity index (χ2n) is 0. The first kappa shape index (κ1) is 37.5. The predicted octanol–water partition coefficient (Wildman–Crippen LogP) is -0.583. The molecule has 3 N–H and O–H groups in total. The predicted molar refractivity (Wildman–Crippen MR) is 35.1 cm³/mol. The molecule has 0 aliphatic rings. The molecule has 4 heavy (non-hydrogen) atoms. The van der Waals surface area contributed by atoms with Crippen LogP contribution in [0.1, 0.15) is 0 Å². The van der Waals surface area contributed by atoms with Crippen molar-refractivity contribution in [2.75, 3.05) is 0 Å². The summed E-state index contributed by atoms with van der Waals surface area (Å²) in [5, 5.41) is 0. The van der Waals surface area contributed by atoms with Crippen molar-refractivity contribution >= 4 is 61.1 Å². The number of rotatable bonds is 0. The molecule has 0 amide bonds. The van der Waals surface area contributed by atoms with Gasteiger partial charge in [0.05, 0.1) is 0 Å². The molecule has 0 fully saturated rings. The molecule has 1 nitrogen and oxygen atoms in total. The van der Waals surface area contributed by atoms with Crippen LogP contribution in [0.3, 0.4) is 0 Å². The van der Waals surface area contributed by atoms with E-state index in [9.17, 15) is 0 Å². The summed E-state index contributed by atoms with van der Waals surface area (Å²) < 4.78 is 0. The zero-order chi connectivity index (χ0) is 0. The Hall–Kier alpha value is 2.00. The van der Waals surface area contributed by atoms with Gasteiger partial charge in [0.15, 0.2) is 0 Å². The molecule has 4 heteroatoms. The molecule has 0 aliphatic heterocycles. The zero-order valence-corrected chi connectivity index (χ0v) is 4.33. The van der Waals surface area contributed by atoms with Gasteiger partial charge in [-0.2, -0.15) is 23.4 Å². The summed E-state index contributed by atoms with van der Waals surface area (Å²) in [7, 11) is 0. The minimum absolute atomic E-state index is 0. The fraction of sp³-hybridized carbons (Fsp3) is 0. The number of hydrogen-bond acceptors (Lipinski definition) is 1. The average molecular weight is 127 g/mol. The quantitative estimate of drug-likeness (QED) is 0.343. The molecule has 1 atom stereocenters. The van der Waals surface area contributed by atoms with Crippen LogP contribution in [0.5, 0.6) is 0 Å². The van der Waals surface area contributed by atoms with Gasteiger partial charge in [-0.25, -0.2) is 0 Å². The van der Waals surface area contributed by atoms with Crippen molar-refractivity contribution in [3.05, 3.63) is 0 Å². The third-order valence-corrected chi connectivity index (χ3v) is 0. The van der Waals surface area contributed by atoms with Gasteiger partial charge in [0.1, 0.15) is 0 Å².